The van der Waals surface area contributed by atoms with Crippen LogP contribution >= 0.6 is 0 Å². The highest BCUT2D eigenvalue weighted by Gasteiger charge is 2.33. The first-order valence-corrected chi connectivity index (χ1v) is 9.00. The largest absolute Gasteiger partial charge is 0.492 e. The van der Waals surface area contributed by atoms with Gasteiger partial charge in [-0.05, 0) is 19.1 Å². The first-order chi connectivity index (χ1) is 13.7. The van der Waals surface area contributed by atoms with Gasteiger partial charge in [-0.2, -0.15) is 4.98 Å². The molecule has 3 aromatic rings. The molecule has 0 saturated heterocycles. The van der Waals surface area contributed by atoms with Crippen molar-refractivity contribution in [3.63, 3.8) is 0 Å². The number of carbonyl (C=O) groups is 2. The maximum atomic E-state index is 12.9. The van der Waals surface area contributed by atoms with Crippen LogP contribution in [-0.2, 0) is 9.59 Å². The van der Waals surface area contributed by atoms with E-state index in [4.69, 9.17) is 4.74 Å². The zero-order chi connectivity index (χ0) is 19.5. The van der Waals surface area contributed by atoms with Crippen molar-refractivity contribution in [1.82, 2.24) is 14.8 Å². The van der Waals surface area contributed by atoms with Crippen LogP contribution in [0, 0.1) is 0 Å². The van der Waals surface area contributed by atoms with Gasteiger partial charge in [0.1, 0.15) is 11.8 Å². The lowest BCUT2D eigenvalue weighted by atomic mass is 10.1. The monoisotopic (exact) mass is 377 g/mol. The minimum atomic E-state index is -0.802. The number of fused-ring (bicyclic) bond motifs is 1. The summed E-state index contributed by atoms with van der Waals surface area (Å²) in [6.45, 7) is 2.35. The molecule has 142 valence electrons. The second-order valence-corrected chi connectivity index (χ2v) is 6.26. The molecule has 0 fully saturated rings. The molecule has 1 atom stereocenters. The fourth-order valence-corrected chi connectivity index (χ4v) is 3.04. The van der Waals surface area contributed by atoms with Crippen molar-refractivity contribution in [2.45, 2.75) is 19.4 Å². The Hall–Kier alpha value is -3.68. The van der Waals surface area contributed by atoms with E-state index in [-0.39, 0.29) is 24.2 Å². The standard InChI is InChI=1S/C20H19N5O3/c1-2-28-16-11-7-6-10-14(16)21-19(27)15-12-17(26)22-20-23-18(24-25(15)20)13-8-4-3-5-9-13/h3-11,15H,2,12H2,1H3,(H,21,27)(H,22,23,24,26)/t15-/m1/s1. The third-order valence-corrected chi connectivity index (χ3v) is 4.34. The smallest absolute Gasteiger partial charge is 0.250 e. The lowest BCUT2D eigenvalue weighted by molar-refractivity contribution is -0.125. The van der Waals surface area contributed by atoms with Crippen LogP contribution in [0.25, 0.3) is 11.4 Å². The number of hydrogen-bond acceptors (Lipinski definition) is 5. The van der Waals surface area contributed by atoms with Crippen LogP contribution in [0.3, 0.4) is 0 Å². The average Bonchev–Trinajstić information content (AvgIpc) is 3.13. The van der Waals surface area contributed by atoms with E-state index >= 15 is 0 Å². The van der Waals surface area contributed by atoms with Crippen LogP contribution < -0.4 is 15.4 Å². The molecule has 1 aliphatic rings. The quantitative estimate of drug-likeness (QED) is 0.712. The molecule has 8 heteroatoms. The summed E-state index contributed by atoms with van der Waals surface area (Å²) in [6.07, 6.45) is -0.0206. The summed E-state index contributed by atoms with van der Waals surface area (Å²) in [6, 6.07) is 15.8. The Morgan fingerprint density at radius 3 is 2.75 bits per heavy atom. The van der Waals surface area contributed by atoms with Crippen LogP contribution in [-0.4, -0.2) is 33.2 Å². The van der Waals surface area contributed by atoms with E-state index in [0.717, 1.165) is 5.56 Å². The molecular weight excluding hydrogens is 358 g/mol. The SMILES string of the molecule is CCOc1ccccc1NC(=O)[C@H]1CC(=O)Nc2nc(-c3ccccc3)nn21. The van der Waals surface area contributed by atoms with Crippen molar-refractivity contribution in [2.24, 2.45) is 0 Å². The lowest BCUT2D eigenvalue weighted by Crippen LogP contribution is -2.36. The van der Waals surface area contributed by atoms with Gasteiger partial charge in [-0.3, -0.25) is 14.9 Å². The molecule has 2 amide bonds. The molecule has 0 aliphatic carbocycles. The number of aromatic nitrogens is 3. The second-order valence-electron chi connectivity index (χ2n) is 6.26. The highest BCUT2D eigenvalue weighted by atomic mass is 16.5. The molecule has 28 heavy (non-hydrogen) atoms. The van der Waals surface area contributed by atoms with Gasteiger partial charge in [0.2, 0.25) is 17.8 Å². The topological polar surface area (TPSA) is 98.1 Å². The first-order valence-electron chi connectivity index (χ1n) is 9.00. The molecule has 0 unspecified atom stereocenters. The summed E-state index contributed by atoms with van der Waals surface area (Å²) in [5, 5.41) is 9.98. The van der Waals surface area contributed by atoms with Crippen LogP contribution in [0.1, 0.15) is 19.4 Å². The van der Waals surface area contributed by atoms with E-state index < -0.39 is 6.04 Å². The second kappa shape index (κ2) is 7.51. The van der Waals surface area contributed by atoms with Crippen LogP contribution in [0.4, 0.5) is 11.6 Å². The number of nitrogens with zero attached hydrogens (tertiary/aromatic N) is 3. The Kier molecular flexibility index (Phi) is 4.76. The zero-order valence-corrected chi connectivity index (χ0v) is 15.3. The van der Waals surface area contributed by atoms with Crippen molar-refractivity contribution < 1.29 is 14.3 Å². The van der Waals surface area contributed by atoms with Crippen LogP contribution in [0.15, 0.2) is 54.6 Å². The Morgan fingerprint density at radius 1 is 1.21 bits per heavy atom. The lowest BCUT2D eigenvalue weighted by Gasteiger charge is -2.23. The third-order valence-electron chi connectivity index (χ3n) is 4.34. The molecule has 4 rings (SSSR count). The number of nitrogens with one attached hydrogen (secondary N) is 2. The molecular formula is C20H19N5O3. The van der Waals surface area contributed by atoms with Gasteiger partial charge >= 0.3 is 0 Å². The Labute approximate surface area is 161 Å². The number of hydrogen-bond donors (Lipinski definition) is 2. The van der Waals surface area contributed by atoms with Crippen molar-refractivity contribution in [3.8, 4) is 17.1 Å². The fourth-order valence-electron chi connectivity index (χ4n) is 3.04. The first kappa shape index (κ1) is 17.7. The molecule has 1 aliphatic heterocycles. The Balaban J connectivity index is 1.63. The number of amides is 2. The third kappa shape index (κ3) is 3.44. The van der Waals surface area contributed by atoms with Crippen molar-refractivity contribution in [1.29, 1.82) is 0 Å². The minimum absolute atomic E-state index is 0.0206. The van der Waals surface area contributed by atoms with Gasteiger partial charge < -0.3 is 10.1 Å². The predicted molar refractivity (Wildman–Crippen MR) is 104 cm³/mol. The van der Waals surface area contributed by atoms with Crippen LogP contribution in [0.2, 0.25) is 0 Å². The molecule has 8 nitrogen and oxygen atoms in total. The van der Waals surface area contributed by atoms with Gasteiger partial charge in [0.05, 0.1) is 18.7 Å². The number of rotatable bonds is 5. The molecule has 0 spiro atoms. The summed E-state index contributed by atoms with van der Waals surface area (Å²) in [5.74, 6) is 0.645. The molecule has 1 aromatic heterocycles. The summed E-state index contributed by atoms with van der Waals surface area (Å²) in [4.78, 5) is 29.4. The normalized spacial score (nSPS) is 15.5. The molecule has 2 aromatic carbocycles. The van der Waals surface area contributed by atoms with Gasteiger partial charge in [0.15, 0.2) is 5.82 Å². The summed E-state index contributed by atoms with van der Waals surface area (Å²) in [5.41, 5.74) is 1.35. The van der Waals surface area contributed by atoms with E-state index in [9.17, 15) is 9.59 Å². The number of ether oxygens (including phenoxy) is 1. The van der Waals surface area contributed by atoms with E-state index in [1.165, 1.54) is 4.68 Å². The predicted octanol–water partition coefficient (Wildman–Crippen LogP) is 2.87. The molecule has 0 saturated carbocycles. The van der Waals surface area contributed by atoms with Crippen molar-refractivity contribution in [2.75, 3.05) is 17.2 Å². The molecule has 0 bridgehead atoms. The summed E-state index contributed by atoms with van der Waals surface area (Å²) < 4.78 is 7.01. The number of para-hydroxylation sites is 2. The Bertz CT molecular complexity index is 1020. The fraction of sp³-hybridized carbons (Fsp3) is 0.200. The molecule has 2 N–H and O–H groups in total. The molecule has 0 radical (unpaired) electrons. The van der Waals surface area contributed by atoms with E-state index in [1.54, 1.807) is 18.2 Å². The van der Waals surface area contributed by atoms with Gasteiger partial charge in [0, 0.05) is 5.56 Å². The zero-order valence-electron chi connectivity index (χ0n) is 15.3. The minimum Gasteiger partial charge on any atom is -0.492 e. The summed E-state index contributed by atoms with van der Waals surface area (Å²) >= 11 is 0. The van der Waals surface area contributed by atoms with E-state index in [1.807, 2.05) is 43.3 Å². The maximum absolute atomic E-state index is 12.9. The van der Waals surface area contributed by atoms with Crippen LogP contribution in [0.5, 0.6) is 5.75 Å². The van der Waals surface area contributed by atoms with Crippen molar-refractivity contribution >= 4 is 23.5 Å². The highest BCUT2D eigenvalue weighted by Crippen LogP contribution is 2.29. The highest BCUT2D eigenvalue weighted by molar-refractivity contribution is 6.01. The van der Waals surface area contributed by atoms with Gasteiger partial charge in [-0.1, -0.05) is 42.5 Å². The van der Waals surface area contributed by atoms with Gasteiger partial charge in [-0.15, -0.1) is 5.10 Å². The van der Waals surface area contributed by atoms with Gasteiger partial charge in [0.25, 0.3) is 0 Å². The van der Waals surface area contributed by atoms with E-state index in [2.05, 4.69) is 20.7 Å². The Morgan fingerprint density at radius 2 is 1.96 bits per heavy atom. The average molecular weight is 377 g/mol. The number of benzene rings is 2. The van der Waals surface area contributed by atoms with E-state index in [0.29, 0.717) is 23.9 Å². The van der Waals surface area contributed by atoms with Crippen molar-refractivity contribution in [3.05, 3.63) is 54.6 Å². The maximum Gasteiger partial charge on any atom is 0.250 e. The van der Waals surface area contributed by atoms with Gasteiger partial charge in [-0.25, -0.2) is 4.68 Å². The number of anilines is 2. The molecule has 2 heterocycles. The summed E-state index contributed by atoms with van der Waals surface area (Å²) in [7, 11) is 0. The number of carbonyl (C=O) groups excluding carboxylic acids is 2.